The van der Waals surface area contributed by atoms with Crippen molar-refractivity contribution in [2.75, 3.05) is 12.4 Å². The summed E-state index contributed by atoms with van der Waals surface area (Å²) in [5, 5.41) is 10.5. The van der Waals surface area contributed by atoms with E-state index in [1.165, 1.54) is 19.2 Å². The number of benzene rings is 1. The summed E-state index contributed by atoms with van der Waals surface area (Å²) in [7, 11) is -3.17. The molecule has 0 radical (unpaired) electrons. The number of anilines is 1. The Hall–Kier alpha value is -2.11. The van der Waals surface area contributed by atoms with Crippen molar-refractivity contribution in [1.29, 1.82) is 5.26 Å². The first-order valence-corrected chi connectivity index (χ1v) is 6.15. The van der Waals surface area contributed by atoms with Gasteiger partial charge in [0, 0.05) is 6.07 Å². The Morgan fingerprint density at radius 1 is 1.56 bits per heavy atom. The van der Waals surface area contributed by atoms with E-state index >= 15 is 0 Å². The zero-order valence-corrected chi connectivity index (χ0v) is 10.2. The number of hydrogen-bond acceptors (Lipinski definition) is 5. The molecule has 0 fully saturated rings. The highest BCUT2D eigenvalue weighted by Gasteiger charge is 2.18. The third kappa shape index (κ3) is 3.44. The Bertz CT molecular complexity index is 603. The lowest BCUT2D eigenvalue weighted by molar-refractivity contribution is -0.115. The minimum Gasteiger partial charge on any atom is -0.497 e. The Labute approximate surface area is 104 Å². The number of amides is 1. The van der Waals surface area contributed by atoms with Crippen molar-refractivity contribution >= 4 is 21.7 Å². The quantitative estimate of drug-likeness (QED) is 0.781. The standard InChI is InChI=1S/C10H10N2O5S/c1-17-7-2-3-8(12-10(13)4-5-11)9(6-7)18(14,15)16/h2-3,6H,4H2,1H3,(H,12,13)(H,14,15,16). The van der Waals surface area contributed by atoms with Gasteiger partial charge in [0.05, 0.1) is 18.9 Å². The number of carbonyl (C=O) groups excluding carboxylic acids is 1. The van der Waals surface area contributed by atoms with E-state index in [1.54, 1.807) is 6.07 Å². The summed E-state index contributed by atoms with van der Waals surface area (Å²) >= 11 is 0. The zero-order chi connectivity index (χ0) is 13.8. The Morgan fingerprint density at radius 3 is 2.72 bits per heavy atom. The highest BCUT2D eigenvalue weighted by Crippen LogP contribution is 2.26. The fraction of sp³-hybridized carbons (Fsp3) is 0.200. The zero-order valence-electron chi connectivity index (χ0n) is 9.37. The molecule has 2 N–H and O–H groups in total. The molecule has 1 aromatic rings. The van der Waals surface area contributed by atoms with Crippen LogP contribution in [0, 0.1) is 11.3 Å². The first kappa shape index (κ1) is 14.0. The third-order valence-electron chi connectivity index (χ3n) is 1.98. The van der Waals surface area contributed by atoms with Crippen molar-refractivity contribution in [3.8, 4) is 11.8 Å². The molecule has 0 spiro atoms. The molecule has 0 unspecified atom stereocenters. The number of methoxy groups -OCH3 is 1. The molecule has 1 rings (SSSR count). The van der Waals surface area contributed by atoms with Crippen molar-refractivity contribution in [1.82, 2.24) is 0 Å². The number of nitrogens with zero attached hydrogens (tertiary/aromatic N) is 1. The smallest absolute Gasteiger partial charge is 0.296 e. The van der Waals surface area contributed by atoms with Gasteiger partial charge < -0.3 is 10.1 Å². The number of nitriles is 1. The molecule has 0 aliphatic heterocycles. The van der Waals surface area contributed by atoms with E-state index < -0.39 is 27.3 Å². The molecule has 0 atom stereocenters. The normalized spacial score (nSPS) is 10.5. The highest BCUT2D eigenvalue weighted by molar-refractivity contribution is 7.86. The number of hydrogen-bond donors (Lipinski definition) is 2. The SMILES string of the molecule is COc1ccc(NC(=O)CC#N)c(S(=O)(=O)O)c1. The number of carbonyl (C=O) groups is 1. The Kier molecular flexibility index (Phi) is 4.25. The van der Waals surface area contributed by atoms with Gasteiger partial charge in [0.1, 0.15) is 17.1 Å². The Morgan fingerprint density at radius 2 is 2.22 bits per heavy atom. The summed E-state index contributed by atoms with van der Waals surface area (Å²) in [6, 6.07) is 5.36. The molecular weight excluding hydrogens is 260 g/mol. The molecule has 0 saturated heterocycles. The van der Waals surface area contributed by atoms with Gasteiger partial charge in [-0.3, -0.25) is 9.35 Å². The van der Waals surface area contributed by atoms with E-state index in [0.717, 1.165) is 6.07 Å². The van der Waals surface area contributed by atoms with E-state index in [0.29, 0.717) is 0 Å². The van der Waals surface area contributed by atoms with E-state index in [1.807, 2.05) is 0 Å². The fourth-order valence-electron chi connectivity index (χ4n) is 1.21. The average molecular weight is 270 g/mol. The van der Waals surface area contributed by atoms with Crippen LogP contribution in [-0.2, 0) is 14.9 Å². The summed E-state index contributed by atoms with van der Waals surface area (Å²) in [5.41, 5.74) is -0.112. The van der Waals surface area contributed by atoms with Crippen molar-refractivity contribution in [2.24, 2.45) is 0 Å². The lowest BCUT2D eigenvalue weighted by Gasteiger charge is -2.09. The predicted octanol–water partition coefficient (Wildman–Crippen LogP) is 0.794. The van der Waals surface area contributed by atoms with Crippen LogP contribution in [0.5, 0.6) is 5.75 Å². The maximum absolute atomic E-state index is 11.2. The van der Waals surface area contributed by atoms with Crippen molar-refractivity contribution < 1.29 is 22.5 Å². The van der Waals surface area contributed by atoms with Gasteiger partial charge in [0.15, 0.2) is 0 Å². The van der Waals surface area contributed by atoms with Crippen molar-refractivity contribution in [3.63, 3.8) is 0 Å². The molecule has 0 aliphatic rings. The second-order valence-electron chi connectivity index (χ2n) is 3.22. The van der Waals surface area contributed by atoms with Gasteiger partial charge in [-0.25, -0.2) is 0 Å². The molecule has 1 amide bonds. The van der Waals surface area contributed by atoms with Gasteiger partial charge in [-0.1, -0.05) is 0 Å². The topological polar surface area (TPSA) is 116 Å². The molecule has 96 valence electrons. The van der Waals surface area contributed by atoms with Crippen LogP contribution in [0.3, 0.4) is 0 Å². The molecule has 1 aromatic carbocycles. The molecule has 0 aromatic heterocycles. The largest absolute Gasteiger partial charge is 0.497 e. The van der Waals surface area contributed by atoms with Crippen LogP contribution >= 0.6 is 0 Å². The second kappa shape index (κ2) is 5.48. The lowest BCUT2D eigenvalue weighted by Crippen LogP contribution is -2.13. The summed E-state index contributed by atoms with van der Waals surface area (Å²) in [5.74, 6) is -0.464. The minimum absolute atomic E-state index is 0.112. The summed E-state index contributed by atoms with van der Waals surface area (Å²) in [6.45, 7) is 0. The van der Waals surface area contributed by atoms with Crippen LogP contribution in [0.1, 0.15) is 6.42 Å². The molecule has 7 nitrogen and oxygen atoms in total. The molecule has 0 heterocycles. The number of rotatable bonds is 4. The van der Waals surface area contributed by atoms with Crippen LogP contribution in [0.25, 0.3) is 0 Å². The third-order valence-corrected chi connectivity index (χ3v) is 2.87. The molecule has 0 bridgehead atoms. The van der Waals surface area contributed by atoms with E-state index in [2.05, 4.69) is 5.32 Å². The first-order valence-electron chi connectivity index (χ1n) is 4.71. The summed E-state index contributed by atoms with van der Waals surface area (Å²) < 4.78 is 36.1. The van der Waals surface area contributed by atoms with Crippen LogP contribution in [0.2, 0.25) is 0 Å². The van der Waals surface area contributed by atoms with Crippen molar-refractivity contribution in [3.05, 3.63) is 18.2 Å². The lowest BCUT2D eigenvalue weighted by atomic mass is 10.3. The van der Waals surface area contributed by atoms with Gasteiger partial charge in [-0.15, -0.1) is 0 Å². The second-order valence-corrected chi connectivity index (χ2v) is 4.61. The van der Waals surface area contributed by atoms with Crippen LogP contribution in [-0.4, -0.2) is 26.0 Å². The molecule has 0 saturated carbocycles. The average Bonchev–Trinajstić information content (AvgIpc) is 2.28. The van der Waals surface area contributed by atoms with Gasteiger partial charge >= 0.3 is 0 Å². The molecule has 0 aliphatic carbocycles. The van der Waals surface area contributed by atoms with Gasteiger partial charge in [-0.05, 0) is 12.1 Å². The van der Waals surface area contributed by atoms with Gasteiger partial charge in [0.25, 0.3) is 10.1 Å². The van der Waals surface area contributed by atoms with E-state index in [9.17, 15) is 13.2 Å². The Balaban J connectivity index is 3.20. The number of ether oxygens (including phenoxy) is 1. The van der Waals surface area contributed by atoms with Crippen LogP contribution < -0.4 is 10.1 Å². The summed E-state index contributed by atoms with van der Waals surface area (Å²) in [4.78, 5) is 10.7. The minimum atomic E-state index is -4.50. The van der Waals surface area contributed by atoms with Gasteiger partial charge in [-0.2, -0.15) is 13.7 Å². The molecule has 8 heteroatoms. The monoisotopic (exact) mass is 270 g/mol. The molecule has 18 heavy (non-hydrogen) atoms. The maximum Gasteiger partial charge on any atom is 0.296 e. The highest BCUT2D eigenvalue weighted by atomic mass is 32.2. The van der Waals surface area contributed by atoms with Crippen LogP contribution in [0.15, 0.2) is 23.1 Å². The maximum atomic E-state index is 11.2. The fourth-order valence-corrected chi connectivity index (χ4v) is 1.87. The number of nitrogens with one attached hydrogen (secondary N) is 1. The van der Waals surface area contributed by atoms with Crippen molar-refractivity contribution in [2.45, 2.75) is 11.3 Å². The first-order chi connectivity index (χ1) is 8.38. The molecular formula is C10H10N2O5S. The van der Waals surface area contributed by atoms with E-state index in [-0.39, 0.29) is 11.4 Å². The van der Waals surface area contributed by atoms with Crippen LogP contribution in [0.4, 0.5) is 5.69 Å². The van der Waals surface area contributed by atoms with Gasteiger partial charge in [0.2, 0.25) is 5.91 Å². The van der Waals surface area contributed by atoms with E-state index in [4.69, 9.17) is 14.6 Å². The predicted molar refractivity (Wildman–Crippen MR) is 61.7 cm³/mol. The summed E-state index contributed by atoms with van der Waals surface area (Å²) in [6.07, 6.45) is -0.420.